The number of aryl methyl sites for hydroxylation is 1. The molecular formula is C16H20FN5OS. The van der Waals surface area contributed by atoms with E-state index in [1.165, 1.54) is 29.1 Å². The van der Waals surface area contributed by atoms with E-state index in [0.29, 0.717) is 18.2 Å². The number of hydrogen-bond donors (Lipinski definition) is 3. The van der Waals surface area contributed by atoms with Gasteiger partial charge in [-0.15, -0.1) is 11.3 Å². The second kappa shape index (κ2) is 8.97. The van der Waals surface area contributed by atoms with E-state index >= 15 is 0 Å². The molecule has 24 heavy (non-hydrogen) atoms. The summed E-state index contributed by atoms with van der Waals surface area (Å²) < 4.78 is 12.8. The van der Waals surface area contributed by atoms with E-state index in [-0.39, 0.29) is 18.3 Å². The Hall–Kier alpha value is -2.48. The number of carbonyl (C=O) groups is 1. The van der Waals surface area contributed by atoms with Crippen LogP contribution in [0.4, 0.5) is 10.1 Å². The lowest BCUT2D eigenvalue weighted by molar-refractivity contribution is -0.115. The summed E-state index contributed by atoms with van der Waals surface area (Å²) in [4.78, 5) is 21.5. The van der Waals surface area contributed by atoms with Crippen molar-refractivity contribution >= 4 is 28.9 Å². The summed E-state index contributed by atoms with van der Waals surface area (Å²) in [7, 11) is 1.63. The van der Waals surface area contributed by atoms with Crippen molar-refractivity contribution in [1.82, 2.24) is 15.6 Å². The Morgan fingerprint density at radius 3 is 2.67 bits per heavy atom. The zero-order chi connectivity index (χ0) is 17.4. The Kier molecular flexibility index (Phi) is 6.68. The van der Waals surface area contributed by atoms with Crippen molar-refractivity contribution in [3.8, 4) is 0 Å². The van der Waals surface area contributed by atoms with Crippen molar-refractivity contribution in [2.75, 3.05) is 18.9 Å². The summed E-state index contributed by atoms with van der Waals surface area (Å²) in [5.74, 6) is -0.0753. The van der Waals surface area contributed by atoms with Crippen LogP contribution in [-0.4, -0.2) is 30.4 Å². The lowest BCUT2D eigenvalue weighted by atomic mass is 10.3. The lowest BCUT2D eigenvalue weighted by Crippen LogP contribution is -2.41. The van der Waals surface area contributed by atoms with Crippen LogP contribution < -0.4 is 16.0 Å². The number of guanidine groups is 1. The van der Waals surface area contributed by atoms with Crippen molar-refractivity contribution in [3.63, 3.8) is 0 Å². The van der Waals surface area contributed by atoms with E-state index in [4.69, 9.17) is 0 Å². The molecule has 128 valence electrons. The molecule has 1 aromatic heterocycles. The molecule has 0 bridgehead atoms. The van der Waals surface area contributed by atoms with Crippen LogP contribution in [0, 0.1) is 5.82 Å². The van der Waals surface area contributed by atoms with Crippen LogP contribution in [0.25, 0.3) is 0 Å². The average molecular weight is 349 g/mol. The second-order valence-electron chi connectivity index (χ2n) is 4.91. The molecule has 0 aliphatic carbocycles. The molecule has 1 heterocycles. The highest BCUT2D eigenvalue weighted by atomic mass is 32.1. The molecule has 0 spiro atoms. The van der Waals surface area contributed by atoms with Crippen LogP contribution in [0.5, 0.6) is 0 Å². The average Bonchev–Trinajstić information content (AvgIpc) is 3.05. The number of aromatic nitrogens is 1. The molecule has 2 rings (SSSR count). The van der Waals surface area contributed by atoms with Gasteiger partial charge in [-0.25, -0.2) is 9.37 Å². The summed E-state index contributed by atoms with van der Waals surface area (Å²) >= 11 is 1.65. The summed E-state index contributed by atoms with van der Waals surface area (Å²) in [5, 5.41) is 9.66. The minimum atomic E-state index is -0.343. The first-order chi connectivity index (χ1) is 11.6. The number of halogens is 1. The molecular weight excluding hydrogens is 329 g/mol. The number of amides is 1. The minimum Gasteiger partial charge on any atom is -0.350 e. The van der Waals surface area contributed by atoms with Crippen molar-refractivity contribution in [2.45, 2.75) is 19.9 Å². The molecule has 8 heteroatoms. The molecule has 0 aliphatic rings. The Bertz CT molecular complexity index is 699. The predicted molar refractivity (Wildman–Crippen MR) is 94.7 cm³/mol. The Balaban J connectivity index is 1.76. The number of thiazole rings is 1. The Morgan fingerprint density at radius 1 is 1.29 bits per heavy atom. The highest BCUT2D eigenvalue weighted by molar-refractivity contribution is 7.11. The van der Waals surface area contributed by atoms with Crippen LogP contribution >= 0.6 is 11.3 Å². The molecule has 0 radical (unpaired) electrons. The molecule has 0 unspecified atom stereocenters. The highest BCUT2D eigenvalue weighted by Crippen LogP contribution is 2.12. The van der Waals surface area contributed by atoms with Crippen molar-refractivity contribution in [2.24, 2.45) is 4.99 Å². The van der Waals surface area contributed by atoms with Gasteiger partial charge in [0.1, 0.15) is 10.8 Å². The van der Waals surface area contributed by atoms with Gasteiger partial charge in [0, 0.05) is 23.8 Å². The fourth-order valence-electron chi connectivity index (χ4n) is 1.88. The predicted octanol–water partition coefficient (Wildman–Crippen LogP) is 2.15. The Morgan fingerprint density at radius 2 is 2.04 bits per heavy atom. The molecule has 0 aliphatic heterocycles. The molecule has 1 aromatic carbocycles. The highest BCUT2D eigenvalue weighted by Gasteiger charge is 2.06. The van der Waals surface area contributed by atoms with Crippen molar-refractivity contribution in [3.05, 3.63) is 46.2 Å². The van der Waals surface area contributed by atoms with Gasteiger partial charge in [0.2, 0.25) is 5.91 Å². The maximum atomic E-state index is 12.8. The van der Waals surface area contributed by atoms with Gasteiger partial charge in [0.05, 0.1) is 13.1 Å². The van der Waals surface area contributed by atoms with Crippen LogP contribution in [0.3, 0.4) is 0 Å². The summed E-state index contributed by atoms with van der Waals surface area (Å²) in [6.07, 6.45) is 2.84. The van der Waals surface area contributed by atoms with Crippen LogP contribution in [0.1, 0.15) is 16.8 Å². The first-order valence-electron chi connectivity index (χ1n) is 7.54. The van der Waals surface area contributed by atoms with Crippen molar-refractivity contribution in [1.29, 1.82) is 0 Å². The van der Waals surface area contributed by atoms with E-state index in [1.807, 2.05) is 6.20 Å². The minimum absolute atomic E-state index is 0.0507. The molecule has 0 fully saturated rings. The van der Waals surface area contributed by atoms with Crippen LogP contribution in [-0.2, 0) is 17.8 Å². The zero-order valence-corrected chi connectivity index (χ0v) is 14.4. The third-order valence-corrected chi connectivity index (χ3v) is 4.27. The summed E-state index contributed by atoms with van der Waals surface area (Å²) in [6.45, 7) is 2.68. The van der Waals surface area contributed by atoms with Gasteiger partial charge in [-0.05, 0) is 30.7 Å². The molecule has 6 nitrogen and oxygen atoms in total. The quantitative estimate of drug-likeness (QED) is 0.552. The van der Waals surface area contributed by atoms with E-state index in [0.717, 1.165) is 11.4 Å². The van der Waals surface area contributed by atoms with E-state index in [1.54, 1.807) is 18.4 Å². The maximum Gasteiger partial charge on any atom is 0.243 e. The first kappa shape index (κ1) is 17.9. The number of hydrogen-bond acceptors (Lipinski definition) is 4. The molecule has 0 saturated carbocycles. The normalized spacial score (nSPS) is 11.2. The fourth-order valence-corrected chi connectivity index (χ4v) is 2.68. The van der Waals surface area contributed by atoms with E-state index < -0.39 is 0 Å². The topological polar surface area (TPSA) is 78.4 Å². The summed E-state index contributed by atoms with van der Waals surface area (Å²) in [6, 6.07) is 5.60. The number of nitrogens with one attached hydrogen (secondary N) is 3. The largest absolute Gasteiger partial charge is 0.350 e. The van der Waals surface area contributed by atoms with Crippen molar-refractivity contribution < 1.29 is 9.18 Å². The second-order valence-corrected chi connectivity index (χ2v) is 6.11. The third kappa shape index (κ3) is 5.62. The Labute approximate surface area is 144 Å². The van der Waals surface area contributed by atoms with Gasteiger partial charge in [0.25, 0.3) is 0 Å². The SMILES string of the molecule is CCc1cnc(CNC(=NC)NCC(=O)Nc2ccc(F)cc2)s1. The number of nitrogens with zero attached hydrogens (tertiary/aromatic N) is 2. The number of rotatable bonds is 6. The number of aliphatic imine (C=N–C) groups is 1. The van der Waals surface area contributed by atoms with E-state index in [9.17, 15) is 9.18 Å². The molecule has 0 saturated heterocycles. The van der Waals surface area contributed by atoms with Gasteiger partial charge >= 0.3 is 0 Å². The number of benzene rings is 1. The molecule has 3 N–H and O–H groups in total. The molecule has 1 amide bonds. The van der Waals surface area contributed by atoms with Gasteiger partial charge in [0.15, 0.2) is 5.96 Å². The van der Waals surface area contributed by atoms with Gasteiger partial charge < -0.3 is 16.0 Å². The first-order valence-corrected chi connectivity index (χ1v) is 8.36. The van der Waals surface area contributed by atoms with Gasteiger partial charge in [-0.2, -0.15) is 0 Å². The standard InChI is InChI=1S/C16H20FN5OS/c1-3-13-8-19-15(24-13)10-21-16(18-2)20-9-14(23)22-12-6-4-11(17)5-7-12/h4-8H,3,9-10H2,1-2H3,(H,22,23)(H2,18,20,21). The fraction of sp³-hybridized carbons (Fsp3) is 0.312. The maximum absolute atomic E-state index is 12.8. The molecule has 2 aromatic rings. The van der Waals surface area contributed by atoms with Crippen LogP contribution in [0.2, 0.25) is 0 Å². The third-order valence-electron chi connectivity index (χ3n) is 3.12. The lowest BCUT2D eigenvalue weighted by Gasteiger charge is -2.11. The zero-order valence-electron chi connectivity index (χ0n) is 13.6. The number of anilines is 1. The summed E-state index contributed by atoms with van der Waals surface area (Å²) in [5.41, 5.74) is 0.543. The van der Waals surface area contributed by atoms with Crippen LogP contribution in [0.15, 0.2) is 35.5 Å². The smallest absolute Gasteiger partial charge is 0.243 e. The van der Waals surface area contributed by atoms with E-state index in [2.05, 4.69) is 32.9 Å². The monoisotopic (exact) mass is 349 g/mol. The van der Waals surface area contributed by atoms with Gasteiger partial charge in [-0.1, -0.05) is 6.92 Å². The molecule has 0 atom stereocenters. The number of carbonyl (C=O) groups excluding carboxylic acids is 1. The van der Waals surface area contributed by atoms with Gasteiger partial charge in [-0.3, -0.25) is 9.79 Å².